The molecule has 0 aliphatic heterocycles. The molecule has 0 aliphatic carbocycles. The van der Waals surface area contributed by atoms with Gasteiger partial charge in [-0.2, -0.15) is 0 Å². The van der Waals surface area contributed by atoms with E-state index in [4.69, 9.17) is 9.90 Å². The summed E-state index contributed by atoms with van der Waals surface area (Å²) in [5, 5.41) is 6.89. The topological polar surface area (TPSA) is 37.3 Å². The SMILES string of the molecule is O=CO.[Co].[NaH]. The van der Waals surface area contributed by atoms with E-state index in [2.05, 4.69) is 0 Å². The van der Waals surface area contributed by atoms with Crippen LogP contribution < -0.4 is 0 Å². The molecule has 0 aromatic rings. The molecular formula is CH3CoNaO2. The fourth-order valence-electron chi connectivity index (χ4n) is 0. The van der Waals surface area contributed by atoms with Crippen LogP contribution in [0.5, 0.6) is 0 Å². The van der Waals surface area contributed by atoms with E-state index in [1.54, 1.807) is 0 Å². The Morgan fingerprint density at radius 2 is 1.60 bits per heavy atom. The third-order valence-electron chi connectivity index (χ3n) is 0. The molecule has 0 atom stereocenters. The molecule has 0 bridgehead atoms. The second-order valence-corrected chi connectivity index (χ2v) is 0.105. The first-order chi connectivity index (χ1) is 1.41. The predicted octanol–water partition coefficient (Wildman–Crippen LogP) is -0.950. The van der Waals surface area contributed by atoms with E-state index in [1.165, 1.54) is 0 Å². The van der Waals surface area contributed by atoms with Crippen LogP contribution in [0.3, 0.4) is 0 Å². The van der Waals surface area contributed by atoms with Crippen LogP contribution >= 0.6 is 0 Å². The summed E-state index contributed by atoms with van der Waals surface area (Å²) < 4.78 is 0. The minimum absolute atomic E-state index is 0. The Bertz CT molecular complexity index is 17.1. The Hall–Kier alpha value is 0.976. The van der Waals surface area contributed by atoms with Crippen molar-refractivity contribution in [1.82, 2.24) is 0 Å². The minimum atomic E-state index is -0.250. The van der Waals surface area contributed by atoms with E-state index < -0.39 is 0 Å². The normalized spacial score (nSPS) is 2.40. The van der Waals surface area contributed by atoms with Crippen molar-refractivity contribution in [1.29, 1.82) is 0 Å². The third kappa shape index (κ3) is 46.2. The molecule has 0 saturated carbocycles. The van der Waals surface area contributed by atoms with Crippen LogP contribution in [-0.4, -0.2) is 41.1 Å². The van der Waals surface area contributed by atoms with Crippen LogP contribution in [0.2, 0.25) is 0 Å². The summed E-state index contributed by atoms with van der Waals surface area (Å²) in [7, 11) is 0. The van der Waals surface area contributed by atoms with Crippen molar-refractivity contribution in [3.63, 3.8) is 0 Å². The van der Waals surface area contributed by atoms with Gasteiger partial charge in [-0.15, -0.1) is 0 Å². The summed E-state index contributed by atoms with van der Waals surface area (Å²) >= 11 is 0. The Morgan fingerprint density at radius 1 is 1.60 bits per heavy atom. The second kappa shape index (κ2) is 20.1. The average Bonchev–Trinajstić information content (AvgIpc) is 0.918. The summed E-state index contributed by atoms with van der Waals surface area (Å²) in [5.74, 6) is 0. The molecule has 29 valence electrons. The number of hydrogen-bond donors (Lipinski definition) is 1. The molecule has 0 fully saturated rings. The molecular weight excluding hydrogens is 126 g/mol. The van der Waals surface area contributed by atoms with Crippen molar-refractivity contribution in [2.75, 3.05) is 0 Å². The van der Waals surface area contributed by atoms with Gasteiger partial charge in [-0.25, -0.2) is 0 Å². The first kappa shape index (κ1) is 16.7. The molecule has 1 N–H and O–H groups in total. The summed E-state index contributed by atoms with van der Waals surface area (Å²) in [6.07, 6.45) is 0. The molecule has 1 radical (unpaired) electrons. The van der Waals surface area contributed by atoms with Crippen LogP contribution in [0.1, 0.15) is 0 Å². The van der Waals surface area contributed by atoms with Gasteiger partial charge in [0, 0.05) is 16.8 Å². The first-order valence-corrected chi connectivity index (χ1v) is 0.494. The first-order valence-electron chi connectivity index (χ1n) is 0.494. The molecule has 0 unspecified atom stereocenters. The Labute approximate surface area is 62.4 Å². The van der Waals surface area contributed by atoms with Gasteiger partial charge in [0.1, 0.15) is 0 Å². The summed E-state index contributed by atoms with van der Waals surface area (Å²) in [6.45, 7) is -0.250. The van der Waals surface area contributed by atoms with E-state index in [0.29, 0.717) is 0 Å². The fraction of sp³-hybridized carbons (Fsp3) is 0. The standard InChI is InChI=1S/CH2O2.Co.Na.H/c2-1-3;;;/h1H,(H,2,3);;;. The van der Waals surface area contributed by atoms with Gasteiger partial charge in [0.15, 0.2) is 0 Å². The van der Waals surface area contributed by atoms with Gasteiger partial charge < -0.3 is 5.11 Å². The van der Waals surface area contributed by atoms with Crippen molar-refractivity contribution >= 4 is 36.0 Å². The molecule has 0 heterocycles. The average molecular weight is 129 g/mol. The van der Waals surface area contributed by atoms with Crippen LogP contribution in [-0.2, 0) is 21.6 Å². The molecule has 2 nitrogen and oxygen atoms in total. The third-order valence-corrected chi connectivity index (χ3v) is 0. The van der Waals surface area contributed by atoms with E-state index in [9.17, 15) is 0 Å². The molecule has 0 amide bonds. The van der Waals surface area contributed by atoms with Gasteiger partial charge in [0.2, 0.25) is 0 Å². The van der Waals surface area contributed by atoms with Crippen LogP contribution in [0.25, 0.3) is 0 Å². The molecule has 0 spiro atoms. The van der Waals surface area contributed by atoms with Gasteiger partial charge >= 0.3 is 29.6 Å². The molecule has 0 saturated heterocycles. The van der Waals surface area contributed by atoms with E-state index in [1.807, 2.05) is 0 Å². The van der Waals surface area contributed by atoms with Crippen molar-refractivity contribution in [3.8, 4) is 0 Å². The molecule has 4 heteroatoms. The maximum absolute atomic E-state index is 8.36. The predicted molar refractivity (Wildman–Crippen MR) is 15.8 cm³/mol. The zero-order chi connectivity index (χ0) is 2.71. The van der Waals surface area contributed by atoms with Gasteiger partial charge in [-0.3, -0.25) is 4.79 Å². The Balaban J connectivity index is -0.0000000200. The summed E-state index contributed by atoms with van der Waals surface area (Å²) in [5.41, 5.74) is 0. The van der Waals surface area contributed by atoms with Gasteiger partial charge in [-0.05, 0) is 0 Å². The molecule has 5 heavy (non-hydrogen) atoms. The molecule has 0 rings (SSSR count). The van der Waals surface area contributed by atoms with Crippen LogP contribution in [0, 0.1) is 0 Å². The van der Waals surface area contributed by atoms with Crippen molar-refractivity contribution in [3.05, 3.63) is 0 Å². The number of carboxylic acid groups (broad SMARTS) is 1. The van der Waals surface area contributed by atoms with Gasteiger partial charge in [-0.1, -0.05) is 0 Å². The van der Waals surface area contributed by atoms with Crippen molar-refractivity contribution in [2.45, 2.75) is 0 Å². The van der Waals surface area contributed by atoms with Crippen LogP contribution in [0.4, 0.5) is 0 Å². The van der Waals surface area contributed by atoms with Gasteiger partial charge in [0.05, 0.1) is 0 Å². The van der Waals surface area contributed by atoms with Gasteiger partial charge in [0.25, 0.3) is 6.47 Å². The quantitative estimate of drug-likeness (QED) is 0.338. The van der Waals surface area contributed by atoms with E-state index in [-0.39, 0.29) is 52.8 Å². The number of rotatable bonds is 0. The molecule has 0 aliphatic rings. The Kier molecular flexibility index (Phi) is 67.3. The number of carbonyl (C=O) groups is 1. The van der Waals surface area contributed by atoms with E-state index in [0.717, 1.165) is 0 Å². The maximum atomic E-state index is 8.36. The zero-order valence-corrected chi connectivity index (χ0v) is 2.81. The van der Waals surface area contributed by atoms with Crippen molar-refractivity contribution in [2.24, 2.45) is 0 Å². The summed E-state index contributed by atoms with van der Waals surface area (Å²) in [6, 6.07) is 0. The van der Waals surface area contributed by atoms with Crippen LogP contribution in [0.15, 0.2) is 0 Å². The molecule has 0 aromatic heterocycles. The number of hydrogen-bond acceptors (Lipinski definition) is 1. The monoisotopic (exact) mass is 129 g/mol. The fourth-order valence-corrected chi connectivity index (χ4v) is 0. The molecule has 0 aromatic carbocycles. The van der Waals surface area contributed by atoms with E-state index >= 15 is 0 Å². The summed E-state index contributed by atoms with van der Waals surface area (Å²) in [4.78, 5) is 8.36. The van der Waals surface area contributed by atoms with Crippen molar-refractivity contribution < 1.29 is 26.7 Å². The zero-order valence-electron chi connectivity index (χ0n) is 1.77. The Morgan fingerprint density at radius 3 is 1.60 bits per heavy atom. The second-order valence-electron chi connectivity index (χ2n) is 0.105.